The van der Waals surface area contributed by atoms with Crippen molar-refractivity contribution in [3.63, 3.8) is 0 Å². The van der Waals surface area contributed by atoms with E-state index < -0.39 is 0 Å². The third kappa shape index (κ3) is 1.65. The summed E-state index contributed by atoms with van der Waals surface area (Å²) >= 11 is 0. The number of rotatable bonds is 0. The molecule has 0 radical (unpaired) electrons. The first-order valence-electron chi connectivity index (χ1n) is 5.83. The van der Waals surface area contributed by atoms with Gasteiger partial charge in [-0.15, -0.1) is 0 Å². The van der Waals surface area contributed by atoms with Crippen molar-refractivity contribution in [3.05, 3.63) is 11.6 Å². The fourth-order valence-corrected chi connectivity index (χ4v) is 3.38. The Morgan fingerprint density at radius 1 is 1.43 bits per heavy atom. The highest BCUT2D eigenvalue weighted by Gasteiger charge is 2.41. The topological polar surface area (TPSA) is 17.1 Å². The second-order valence-corrected chi connectivity index (χ2v) is 5.28. The summed E-state index contributed by atoms with van der Waals surface area (Å²) in [4.78, 5) is 12.0. The molecule has 2 aliphatic rings. The quantitative estimate of drug-likeness (QED) is 0.537. The van der Waals surface area contributed by atoms with Crippen molar-refractivity contribution in [3.8, 4) is 0 Å². The molecule has 0 bridgehead atoms. The number of ketones is 1. The van der Waals surface area contributed by atoms with Crippen LogP contribution in [0, 0.1) is 11.3 Å². The first-order chi connectivity index (χ1) is 6.62. The molecule has 78 valence electrons. The SMILES string of the molecule is CC1=CC(C)CC2(CCCCC2=O)C1. The number of carbonyl (C=O) groups is 1. The van der Waals surface area contributed by atoms with Gasteiger partial charge < -0.3 is 0 Å². The monoisotopic (exact) mass is 192 g/mol. The largest absolute Gasteiger partial charge is 0.299 e. The van der Waals surface area contributed by atoms with Crippen LogP contribution < -0.4 is 0 Å². The number of hydrogen-bond acceptors (Lipinski definition) is 1. The van der Waals surface area contributed by atoms with Gasteiger partial charge in [-0.2, -0.15) is 0 Å². The maximum Gasteiger partial charge on any atom is 0.139 e. The molecular formula is C13H20O. The lowest BCUT2D eigenvalue weighted by molar-refractivity contribution is -0.132. The maximum absolute atomic E-state index is 12.0. The van der Waals surface area contributed by atoms with Gasteiger partial charge >= 0.3 is 0 Å². The molecule has 0 amide bonds. The van der Waals surface area contributed by atoms with Crippen molar-refractivity contribution < 1.29 is 4.79 Å². The van der Waals surface area contributed by atoms with Crippen LogP contribution in [0.2, 0.25) is 0 Å². The highest BCUT2D eigenvalue weighted by atomic mass is 16.1. The van der Waals surface area contributed by atoms with E-state index in [1.165, 1.54) is 12.0 Å². The highest BCUT2D eigenvalue weighted by Crippen LogP contribution is 2.46. The minimum atomic E-state index is 0.0521. The Hall–Kier alpha value is -0.590. The van der Waals surface area contributed by atoms with Crippen LogP contribution >= 0.6 is 0 Å². The lowest BCUT2D eigenvalue weighted by Gasteiger charge is -2.40. The molecular weight excluding hydrogens is 172 g/mol. The molecule has 0 N–H and O–H groups in total. The van der Waals surface area contributed by atoms with Crippen LogP contribution in [0.25, 0.3) is 0 Å². The van der Waals surface area contributed by atoms with Crippen LogP contribution in [0.5, 0.6) is 0 Å². The predicted octanol–water partition coefficient (Wildman–Crippen LogP) is 3.49. The standard InChI is InChI=1S/C13H20O/c1-10-7-11(2)9-13(8-10)6-4-3-5-12(13)14/h7,10H,3-6,8-9H2,1-2H3. The molecule has 0 saturated heterocycles. The summed E-state index contributed by atoms with van der Waals surface area (Å²) in [5.74, 6) is 1.15. The zero-order chi connectivity index (χ0) is 10.2. The average Bonchev–Trinajstić information content (AvgIpc) is 2.08. The summed E-state index contributed by atoms with van der Waals surface area (Å²) in [6.07, 6.45) is 8.83. The zero-order valence-electron chi connectivity index (χ0n) is 9.31. The number of hydrogen-bond donors (Lipinski definition) is 0. The van der Waals surface area contributed by atoms with Crippen molar-refractivity contribution in [1.29, 1.82) is 0 Å². The van der Waals surface area contributed by atoms with E-state index in [9.17, 15) is 4.79 Å². The Kier molecular flexibility index (Phi) is 2.50. The zero-order valence-corrected chi connectivity index (χ0v) is 9.31. The molecule has 2 atom stereocenters. The van der Waals surface area contributed by atoms with E-state index in [0.717, 1.165) is 32.1 Å². The molecule has 14 heavy (non-hydrogen) atoms. The van der Waals surface area contributed by atoms with E-state index in [4.69, 9.17) is 0 Å². The molecule has 2 aliphatic carbocycles. The second-order valence-electron chi connectivity index (χ2n) is 5.28. The smallest absolute Gasteiger partial charge is 0.139 e. The molecule has 1 fully saturated rings. The third-order valence-electron chi connectivity index (χ3n) is 3.80. The molecule has 0 aliphatic heterocycles. The Morgan fingerprint density at radius 2 is 2.21 bits per heavy atom. The number of Topliss-reactive ketones (excluding diaryl/α,β-unsaturated/α-hetero) is 1. The molecule has 0 heterocycles. The summed E-state index contributed by atoms with van der Waals surface area (Å²) in [7, 11) is 0. The van der Waals surface area contributed by atoms with E-state index in [1.807, 2.05) is 0 Å². The highest BCUT2D eigenvalue weighted by molar-refractivity contribution is 5.86. The van der Waals surface area contributed by atoms with Gasteiger partial charge in [-0.3, -0.25) is 4.79 Å². The van der Waals surface area contributed by atoms with Crippen LogP contribution in [0.1, 0.15) is 52.4 Å². The minimum Gasteiger partial charge on any atom is -0.299 e. The van der Waals surface area contributed by atoms with Gasteiger partial charge in [0.25, 0.3) is 0 Å². The molecule has 0 aromatic heterocycles. The van der Waals surface area contributed by atoms with E-state index in [2.05, 4.69) is 19.9 Å². The van der Waals surface area contributed by atoms with Crippen LogP contribution in [0.3, 0.4) is 0 Å². The fourth-order valence-electron chi connectivity index (χ4n) is 3.38. The molecule has 2 unspecified atom stereocenters. The van der Waals surface area contributed by atoms with Crippen LogP contribution in [0.15, 0.2) is 11.6 Å². The van der Waals surface area contributed by atoms with Crippen LogP contribution in [-0.4, -0.2) is 5.78 Å². The molecule has 2 rings (SSSR count). The Bertz CT molecular complexity index is 277. The molecule has 1 spiro atoms. The summed E-state index contributed by atoms with van der Waals surface area (Å²) < 4.78 is 0. The predicted molar refractivity (Wildman–Crippen MR) is 58.1 cm³/mol. The Labute approximate surface area is 86.6 Å². The first-order valence-corrected chi connectivity index (χ1v) is 5.83. The average molecular weight is 192 g/mol. The van der Waals surface area contributed by atoms with E-state index in [-0.39, 0.29) is 5.41 Å². The number of carbonyl (C=O) groups excluding carboxylic acids is 1. The third-order valence-corrected chi connectivity index (χ3v) is 3.80. The van der Waals surface area contributed by atoms with Crippen molar-refractivity contribution >= 4 is 5.78 Å². The lowest BCUT2D eigenvalue weighted by Crippen LogP contribution is -2.37. The molecule has 1 nitrogen and oxygen atoms in total. The van der Waals surface area contributed by atoms with E-state index >= 15 is 0 Å². The van der Waals surface area contributed by atoms with E-state index in [1.54, 1.807) is 0 Å². The maximum atomic E-state index is 12.0. The summed E-state index contributed by atoms with van der Waals surface area (Å²) in [5, 5.41) is 0. The molecule has 1 heteroatoms. The minimum absolute atomic E-state index is 0.0521. The van der Waals surface area contributed by atoms with Crippen molar-refractivity contribution in [2.24, 2.45) is 11.3 Å². The summed E-state index contributed by atoms with van der Waals surface area (Å²) in [5.41, 5.74) is 1.48. The van der Waals surface area contributed by atoms with Crippen LogP contribution in [0.4, 0.5) is 0 Å². The van der Waals surface area contributed by atoms with Gasteiger partial charge in [0.15, 0.2) is 0 Å². The Morgan fingerprint density at radius 3 is 2.86 bits per heavy atom. The van der Waals surface area contributed by atoms with Gasteiger partial charge in [0, 0.05) is 11.8 Å². The van der Waals surface area contributed by atoms with Crippen molar-refractivity contribution in [2.75, 3.05) is 0 Å². The normalized spacial score (nSPS) is 38.6. The van der Waals surface area contributed by atoms with Crippen molar-refractivity contribution in [2.45, 2.75) is 52.4 Å². The van der Waals surface area contributed by atoms with Gasteiger partial charge in [-0.25, -0.2) is 0 Å². The summed E-state index contributed by atoms with van der Waals surface area (Å²) in [6.45, 7) is 4.42. The van der Waals surface area contributed by atoms with Gasteiger partial charge in [0.05, 0.1) is 0 Å². The van der Waals surface area contributed by atoms with Gasteiger partial charge in [-0.1, -0.05) is 25.0 Å². The van der Waals surface area contributed by atoms with Gasteiger partial charge in [-0.05, 0) is 38.5 Å². The van der Waals surface area contributed by atoms with Gasteiger partial charge in [0.1, 0.15) is 5.78 Å². The van der Waals surface area contributed by atoms with Gasteiger partial charge in [0.2, 0.25) is 0 Å². The lowest BCUT2D eigenvalue weighted by atomic mass is 9.62. The summed E-state index contributed by atoms with van der Waals surface area (Å²) in [6, 6.07) is 0. The first kappa shape index (κ1) is 9.95. The van der Waals surface area contributed by atoms with Crippen LogP contribution in [-0.2, 0) is 4.79 Å². The van der Waals surface area contributed by atoms with Crippen molar-refractivity contribution in [1.82, 2.24) is 0 Å². The van der Waals surface area contributed by atoms with E-state index in [0.29, 0.717) is 11.7 Å². The molecule has 0 aromatic rings. The number of allylic oxidation sites excluding steroid dienone is 2. The second kappa shape index (κ2) is 3.52. The fraction of sp³-hybridized carbons (Fsp3) is 0.769. The Balaban J connectivity index is 2.23. The molecule has 0 aromatic carbocycles. The molecule has 1 saturated carbocycles.